The van der Waals surface area contributed by atoms with Crippen LogP contribution in [0.4, 0.5) is 0 Å². The number of carbonyl (C=O) groups excluding carboxylic acids is 1. The summed E-state index contributed by atoms with van der Waals surface area (Å²) in [4.78, 5) is 13.6. The molecule has 0 aromatic carbocycles. The molecule has 7 heteroatoms. The molecule has 1 saturated heterocycles. The zero-order valence-electron chi connectivity index (χ0n) is 10.3. The Balaban J connectivity index is 2.06. The number of aromatic amines is 1. The zero-order chi connectivity index (χ0) is 13.2. The number of hydrogen-bond donors (Lipinski definition) is 1. The van der Waals surface area contributed by atoms with Crippen LogP contribution in [0.3, 0.4) is 0 Å². The average molecular weight is 271 g/mol. The molecule has 1 aromatic heterocycles. The molecule has 2 rings (SSSR count). The van der Waals surface area contributed by atoms with Gasteiger partial charge in [-0.15, -0.1) is 0 Å². The highest BCUT2D eigenvalue weighted by Crippen LogP contribution is 2.21. The van der Waals surface area contributed by atoms with Gasteiger partial charge in [0.25, 0.3) is 0 Å². The van der Waals surface area contributed by atoms with Crippen molar-refractivity contribution >= 4 is 15.7 Å². The van der Waals surface area contributed by atoms with Crippen LogP contribution in [-0.4, -0.2) is 47.5 Å². The van der Waals surface area contributed by atoms with Gasteiger partial charge in [0.05, 0.1) is 11.9 Å². The molecule has 1 unspecified atom stereocenters. The minimum absolute atomic E-state index is 0.128. The van der Waals surface area contributed by atoms with Crippen LogP contribution in [-0.2, 0) is 21.2 Å². The number of amides is 1. The van der Waals surface area contributed by atoms with Gasteiger partial charge in [-0.3, -0.25) is 9.89 Å². The summed E-state index contributed by atoms with van der Waals surface area (Å²) in [7, 11) is -1.64. The monoisotopic (exact) mass is 271 g/mol. The Morgan fingerprint density at radius 2 is 2.33 bits per heavy atom. The molecule has 1 aromatic rings. The largest absolute Gasteiger partial charge is 0.340 e. The molecule has 0 aliphatic carbocycles. The first-order chi connectivity index (χ1) is 8.50. The Labute approximate surface area is 106 Å². The standard InChI is InChI=1S/C11H17N3O3S/c1-14(8-9-6-12-13-7-9)11(15)10-4-2-3-5-18(10,16)17/h6-7,10H,2-5,8H2,1H3,(H,12,13). The molecule has 1 amide bonds. The third kappa shape index (κ3) is 2.72. The van der Waals surface area contributed by atoms with Crippen LogP contribution < -0.4 is 0 Å². The number of aromatic nitrogens is 2. The van der Waals surface area contributed by atoms with Gasteiger partial charge in [0.15, 0.2) is 9.84 Å². The smallest absolute Gasteiger partial charge is 0.240 e. The Morgan fingerprint density at radius 3 is 2.94 bits per heavy atom. The molecule has 0 bridgehead atoms. The second kappa shape index (κ2) is 5.09. The Kier molecular flexibility index (Phi) is 3.70. The van der Waals surface area contributed by atoms with Crippen molar-refractivity contribution in [3.05, 3.63) is 18.0 Å². The van der Waals surface area contributed by atoms with E-state index in [1.165, 1.54) is 4.90 Å². The van der Waals surface area contributed by atoms with E-state index in [0.717, 1.165) is 12.0 Å². The lowest BCUT2D eigenvalue weighted by atomic mass is 10.1. The fraction of sp³-hybridized carbons (Fsp3) is 0.636. The minimum Gasteiger partial charge on any atom is -0.340 e. The topological polar surface area (TPSA) is 83.1 Å². The Hall–Kier alpha value is -1.37. The number of hydrogen-bond acceptors (Lipinski definition) is 4. The van der Waals surface area contributed by atoms with E-state index in [9.17, 15) is 13.2 Å². The second-order valence-electron chi connectivity index (χ2n) is 4.65. The number of H-pyrrole nitrogens is 1. The maximum atomic E-state index is 12.2. The summed E-state index contributed by atoms with van der Waals surface area (Å²) in [6.45, 7) is 0.376. The average Bonchev–Trinajstić information content (AvgIpc) is 2.80. The molecule has 1 fully saturated rings. The molecule has 0 radical (unpaired) electrons. The summed E-state index contributed by atoms with van der Waals surface area (Å²) >= 11 is 0. The predicted molar refractivity (Wildman–Crippen MR) is 66.5 cm³/mol. The van der Waals surface area contributed by atoms with E-state index in [1.807, 2.05) is 0 Å². The highest BCUT2D eigenvalue weighted by Gasteiger charge is 2.36. The van der Waals surface area contributed by atoms with Gasteiger partial charge in [-0.05, 0) is 12.8 Å². The molecule has 1 N–H and O–H groups in total. The van der Waals surface area contributed by atoms with Crippen LogP contribution in [0.2, 0.25) is 0 Å². The molecular weight excluding hydrogens is 254 g/mol. The number of nitrogens with zero attached hydrogens (tertiary/aromatic N) is 2. The molecule has 100 valence electrons. The first-order valence-electron chi connectivity index (χ1n) is 5.95. The maximum absolute atomic E-state index is 12.2. The summed E-state index contributed by atoms with van der Waals surface area (Å²) < 4.78 is 23.7. The molecule has 6 nitrogen and oxygen atoms in total. The molecule has 0 spiro atoms. The van der Waals surface area contributed by atoms with Crippen molar-refractivity contribution < 1.29 is 13.2 Å². The first-order valence-corrected chi connectivity index (χ1v) is 7.66. The molecule has 1 aliphatic heterocycles. The van der Waals surface area contributed by atoms with Gasteiger partial charge in [0.2, 0.25) is 5.91 Å². The summed E-state index contributed by atoms with van der Waals surface area (Å²) in [6.07, 6.45) is 5.22. The molecule has 2 heterocycles. The minimum atomic E-state index is -3.26. The van der Waals surface area contributed by atoms with Gasteiger partial charge in [-0.25, -0.2) is 8.42 Å². The van der Waals surface area contributed by atoms with E-state index in [0.29, 0.717) is 19.4 Å². The fourth-order valence-corrected chi connectivity index (χ4v) is 4.10. The van der Waals surface area contributed by atoms with Crippen molar-refractivity contribution in [2.75, 3.05) is 12.8 Å². The zero-order valence-corrected chi connectivity index (χ0v) is 11.1. The van der Waals surface area contributed by atoms with E-state index >= 15 is 0 Å². The number of nitrogens with one attached hydrogen (secondary N) is 1. The third-order valence-electron chi connectivity index (χ3n) is 3.20. The quantitative estimate of drug-likeness (QED) is 0.859. The lowest BCUT2D eigenvalue weighted by Gasteiger charge is -2.26. The van der Waals surface area contributed by atoms with Crippen molar-refractivity contribution in [2.45, 2.75) is 31.1 Å². The Morgan fingerprint density at radius 1 is 1.56 bits per heavy atom. The lowest BCUT2D eigenvalue weighted by molar-refractivity contribution is -0.130. The van der Waals surface area contributed by atoms with Gasteiger partial charge >= 0.3 is 0 Å². The van der Waals surface area contributed by atoms with Crippen molar-refractivity contribution in [1.29, 1.82) is 0 Å². The second-order valence-corrected chi connectivity index (χ2v) is 6.96. The van der Waals surface area contributed by atoms with E-state index in [1.54, 1.807) is 19.4 Å². The third-order valence-corrected chi connectivity index (χ3v) is 5.37. The van der Waals surface area contributed by atoms with E-state index < -0.39 is 15.1 Å². The summed E-state index contributed by atoms with van der Waals surface area (Å²) in [5, 5.41) is 5.60. The van der Waals surface area contributed by atoms with E-state index in [-0.39, 0.29) is 11.7 Å². The maximum Gasteiger partial charge on any atom is 0.240 e. The number of sulfone groups is 1. The summed E-state index contributed by atoms with van der Waals surface area (Å²) in [6, 6.07) is 0. The van der Waals surface area contributed by atoms with Crippen LogP contribution in [0.25, 0.3) is 0 Å². The van der Waals surface area contributed by atoms with Crippen LogP contribution in [0.5, 0.6) is 0 Å². The predicted octanol–water partition coefficient (Wildman–Crippen LogP) is 0.335. The first kappa shape index (κ1) is 13.1. The van der Waals surface area contributed by atoms with E-state index in [4.69, 9.17) is 0 Å². The van der Waals surface area contributed by atoms with Crippen LogP contribution >= 0.6 is 0 Å². The van der Waals surface area contributed by atoms with Crippen LogP contribution in [0, 0.1) is 0 Å². The van der Waals surface area contributed by atoms with Crippen molar-refractivity contribution in [2.24, 2.45) is 0 Å². The molecule has 1 atom stereocenters. The SMILES string of the molecule is CN(Cc1cn[nH]c1)C(=O)C1CCCCS1(=O)=O. The van der Waals surface area contributed by atoms with Gasteiger partial charge in [0, 0.05) is 25.4 Å². The Bertz CT molecular complexity index is 510. The molecular formula is C11H17N3O3S. The van der Waals surface area contributed by atoms with Gasteiger partial charge < -0.3 is 4.90 Å². The number of rotatable bonds is 3. The van der Waals surface area contributed by atoms with Crippen LogP contribution in [0.1, 0.15) is 24.8 Å². The number of carbonyl (C=O) groups is 1. The van der Waals surface area contributed by atoms with Crippen molar-refractivity contribution in [1.82, 2.24) is 15.1 Å². The van der Waals surface area contributed by atoms with Crippen molar-refractivity contribution in [3.63, 3.8) is 0 Å². The highest BCUT2D eigenvalue weighted by atomic mass is 32.2. The molecule has 0 saturated carbocycles. The van der Waals surface area contributed by atoms with Gasteiger partial charge in [-0.1, -0.05) is 6.42 Å². The van der Waals surface area contributed by atoms with Gasteiger partial charge in [-0.2, -0.15) is 5.10 Å². The summed E-state index contributed by atoms with van der Waals surface area (Å²) in [5.41, 5.74) is 0.860. The summed E-state index contributed by atoms with van der Waals surface area (Å²) in [5.74, 6) is -0.181. The fourth-order valence-electron chi connectivity index (χ4n) is 2.19. The van der Waals surface area contributed by atoms with Crippen molar-refractivity contribution in [3.8, 4) is 0 Å². The normalized spacial score (nSPS) is 22.6. The van der Waals surface area contributed by atoms with Crippen LogP contribution in [0.15, 0.2) is 12.4 Å². The highest BCUT2D eigenvalue weighted by molar-refractivity contribution is 7.92. The molecule has 1 aliphatic rings. The van der Waals surface area contributed by atoms with E-state index in [2.05, 4.69) is 10.2 Å². The molecule has 18 heavy (non-hydrogen) atoms. The lowest BCUT2D eigenvalue weighted by Crippen LogP contribution is -2.43. The van der Waals surface area contributed by atoms with Gasteiger partial charge in [0.1, 0.15) is 5.25 Å².